The Kier molecular flexibility index (Phi) is 4.16. The first-order valence-electron chi connectivity index (χ1n) is 5.56. The summed E-state index contributed by atoms with van der Waals surface area (Å²) in [5, 5.41) is 9.92. The third kappa shape index (κ3) is 3.06. The topological polar surface area (TPSA) is 107 Å². The fourth-order valence-electron chi connectivity index (χ4n) is 1.53. The first kappa shape index (κ1) is 16.7. The molecule has 1 saturated heterocycles. The van der Waals surface area contributed by atoms with Crippen molar-refractivity contribution in [1.82, 2.24) is 15.1 Å². The Morgan fingerprint density at radius 2 is 1.86 bits per heavy atom. The molecular formula is C10H12F3N3O5. The summed E-state index contributed by atoms with van der Waals surface area (Å²) in [6.07, 6.45) is -5.25. The lowest BCUT2D eigenvalue weighted by atomic mass is 10.0. The summed E-state index contributed by atoms with van der Waals surface area (Å²) in [6.45, 7) is -1.02. The minimum Gasteiger partial charge on any atom is -0.479 e. The number of hydrogen-bond acceptors (Lipinski definition) is 4. The molecule has 0 bridgehead atoms. The molecule has 1 atom stereocenters. The average molecular weight is 311 g/mol. The molecule has 1 rings (SSSR count). The number of likely N-dealkylation sites (N-methyl/N-ethyl adjacent to an activating group) is 1. The fraction of sp³-hybridized carbons (Fsp3) is 0.600. The molecule has 1 aliphatic rings. The fourth-order valence-corrected chi connectivity index (χ4v) is 1.53. The molecule has 11 heteroatoms. The first-order chi connectivity index (χ1) is 9.40. The third-order valence-corrected chi connectivity index (χ3v) is 2.92. The highest BCUT2D eigenvalue weighted by atomic mass is 19.4. The lowest BCUT2D eigenvalue weighted by Crippen LogP contribution is -2.63. The quantitative estimate of drug-likeness (QED) is 0.674. The van der Waals surface area contributed by atoms with E-state index in [9.17, 15) is 32.3 Å². The van der Waals surface area contributed by atoms with E-state index in [1.54, 1.807) is 0 Å². The largest absolute Gasteiger partial charge is 0.479 e. The molecule has 8 nitrogen and oxygen atoms in total. The van der Waals surface area contributed by atoms with Crippen molar-refractivity contribution < 1.29 is 37.5 Å². The molecule has 1 unspecified atom stereocenters. The van der Waals surface area contributed by atoms with Gasteiger partial charge in [0, 0.05) is 7.05 Å². The number of carbonyl (C=O) groups excluding carboxylic acids is 3. The Bertz CT molecular complexity index is 507. The SMILES string of the molecule is CN1CC(=O)N(CC(=O)NC(C)(C(=O)O)C(F)(F)F)C1=O. The van der Waals surface area contributed by atoms with Gasteiger partial charge in [0.25, 0.3) is 5.91 Å². The van der Waals surface area contributed by atoms with Crippen molar-refractivity contribution in [2.45, 2.75) is 18.6 Å². The van der Waals surface area contributed by atoms with Crippen LogP contribution in [0, 0.1) is 0 Å². The summed E-state index contributed by atoms with van der Waals surface area (Å²) in [5.41, 5.74) is -3.51. The van der Waals surface area contributed by atoms with Gasteiger partial charge in [0.1, 0.15) is 13.1 Å². The Hall–Kier alpha value is -2.33. The Balaban J connectivity index is 2.84. The van der Waals surface area contributed by atoms with Gasteiger partial charge in [-0.3, -0.25) is 14.5 Å². The van der Waals surface area contributed by atoms with Gasteiger partial charge in [-0.15, -0.1) is 0 Å². The van der Waals surface area contributed by atoms with Crippen LogP contribution in [0.5, 0.6) is 0 Å². The minimum atomic E-state index is -5.25. The second kappa shape index (κ2) is 5.22. The molecule has 0 aromatic heterocycles. The van der Waals surface area contributed by atoms with Gasteiger partial charge in [-0.1, -0.05) is 0 Å². The van der Waals surface area contributed by atoms with E-state index in [0.717, 1.165) is 4.90 Å². The zero-order valence-corrected chi connectivity index (χ0v) is 11.0. The van der Waals surface area contributed by atoms with Gasteiger partial charge < -0.3 is 15.3 Å². The average Bonchev–Trinajstić information content (AvgIpc) is 2.54. The van der Waals surface area contributed by atoms with Crippen LogP contribution >= 0.6 is 0 Å². The maximum Gasteiger partial charge on any atom is 0.422 e. The van der Waals surface area contributed by atoms with Crippen LogP contribution in [0.15, 0.2) is 0 Å². The van der Waals surface area contributed by atoms with Crippen molar-refractivity contribution in [3.8, 4) is 0 Å². The highest BCUT2D eigenvalue weighted by Gasteiger charge is 2.58. The molecule has 118 valence electrons. The Morgan fingerprint density at radius 1 is 1.33 bits per heavy atom. The van der Waals surface area contributed by atoms with Crippen LogP contribution in [0.1, 0.15) is 6.92 Å². The van der Waals surface area contributed by atoms with E-state index in [1.807, 2.05) is 0 Å². The number of amides is 4. The standard InChI is InChI=1S/C10H12F3N3O5/c1-9(7(19)20,10(11,12)13)14-5(17)3-16-6(18)4-15(2)8(16)21/h3-4H2,1-2H3,(H,14,17)(H,19,20). The number of nitrogens with one attached hydrogen (secondary N) is 1. The summed E-state index contributed by atoms with van der Waals surface area (Å²) in [4.78, 5) is 46.5. The van der Waals surface area contributed by atoms with Crippen molar-refractivity contribution in [3.63, 3.8) is 0 Å². The summed E-state index contributed by atoms with van der Waals surface area (Å²) in [7, 11) is 1.27. The third-order valence-electron chi connectivity index (χ3n) is 2.92. The summed E-state index contributed by atoms with van der Waals surface area (Å²) in [5.74, 6) is -4.48. The Morgan fingerprint density at radius 3 is 2.19 bits per heavy atom. The van der Waals surface area contributed by atoms with Crippen LogP contribution < -0.4 is 5.32 Å². The molecule has 0 saturated carbocycles. The second-order valence-electron chi connectivity index (χ2n) is 4.59. The number of halogens is 3. The van der Waals surface area contributed by atoms with Gasteiger partial charge in [0.2, 0.25) is 11.4 Å². The lowest BCUT2D eigenvalue weighted by molar-refractivity contribution is -0.206. The molecule has 0 aliphatic carbocycles. The minimum absolute atomic E-state index is 0.271. The number of carbonyl (C=O) groups is 4. The van der Waals surface area contributed by atoms with E-state index >= 15 is 0 Å². The van der Waals surface area contributed by atoms with Gasteiger partial charge in [0.05, 0.1) is 0 Å². The van der Waals surface area contributed by atoms with Gasteiger partial charge >= 0.3 is 18.2 Å². The molecular weight excluding hydrogens is 299 g/mol. The number of aliphatic carboxylic acids is 1. The summed E-state index contributed by atoms with van der Waals surface area (Å²) < 4.78 is 38.1. The number of imide groups is 1. The van der Waals surface area contributed by atoms with E-state index in [4.69, 9.17) is 5.11 Å². The number of nitrogens with zero attached hydrogens (tertiary/aromatic N) is 2. The van der Waals surface area contributed by atoms with Crippen LogP contribution in [0.25, 0.3) is 0 Å². The number of urea groups is 1. The number of carboxylic acid groups (broad SMARTS) is 1. The predicted molar refractivity (Wildman–Crippen MR) is 60.0 cm³/mol. The molecule has 1 aliphatic heterocycles. The first-order valence-corrected chi connectivity index (χ1v) is 5.56. The van der Waals surface area contributed by atoms with Crippen molar-refractivity contribution in [1.29, 1.82) is 0 Å². The maximum absolute atomic E-state index is 12.7. The van der Waals surface area contributed by atoms with Gasteiger partial charge in [0.15, 0.2) is 0 Å². The predicted octanol–water partition coefficient (Wildman–Crippen LogP) is -0.598. The monoisotopic (exact) mass is 311 g/mol. The van der Waals surface area contributed by atoms with Crippen LogP contribution in [0.3, 0.4) is 0 Å². The molecule has 4 amide bonds. The van der Waals surface area contributed by atoms with E-state index in [-0.39, 0.29) is 13.5 Å². The molecule has 21 heavy (non-hydrogen) atoms. The van der Waals surface area contributed by atoms with Crippen molar-refractivity contribution in [2.24, 2.45) is 0 Å². The van der Waals surface area contributed by atoms with Crippen LogP contribution in [0.4, 0.5) is 18.0 Å². The molecule has 0 spiro atoms. The van der Waals surface area contributed by atoms with Gasteiger partial charge in [-0.25, -0.2) is 9.59 Å². The van der Waals surface area contributed by atoms with E-state index < -0.39 is 42.1 Å². The van der Waals surface area contributed by atoms with Crippen LogP contribution in [0.2, 0.25) is 0 Å². The normalized spacial score (nSPS) is 18.7. The summed E-state index contributed by atoms with van der Waals surface area (Å²) in [6, 6.07) is -0.848. The number of hydrogen-bond donors (Lipinski definition) is 2. The van der Waals surface area contributed by atoms with E-state index in [1.165, 1.54) is 12.4 Å². The second-order valence-corrected chi connectivity index (χ2v) is 4.59. The lowest BCUT2D eigenvalue weighted by Gasteiger charge is -2.29. The smallest absolute Gasteiger partial charge is 0.422 e. The molecule has 0 aromatic carbocycles. The maximum atomic E-state index is 12.7. The van der Waals surface area contributed by atoms with E-state index in [2.05, 4.69) is 0 Å². The highest BCUT2D eigenvalue weighted by Crippen LogP contribution is 2.30. The molecule has 1 fully saturated rings. The number of rotatable bonds is 4. The molecule has 2 N–H and O–H groups in total. The Labute approximate surface area is 116 Å². The van der Waals surface area contributed by atoms with Gasteiger partial charge in [-0.05, 0) is 6.92 Å². The van der Waals surface area contributed by atoms with Crippen LogP contribution in [-0.2, 0) is 14.4 Å². The molecule has 1 heterocycles. The molecule has 0 aromatic rings. The van der Waals surface area contributed by atoms with Crippen molar-refractivity contribution in [3.05, 3.63) is 0 Å². The van der Waals surface area contributed by atoms with Crippen molar-refractivity contribution >= 4 is 23.8 Å². The van der Waals surface area contributed by atoms with Crippen LogP contribution in [-0.4, -0.2) is 70.6 Å². The number of carboxylic acids is 1. The zero-order valence-electron chi connectivity index (χ0n) is 11.0. The summed E-state index contributed by atoms with van der Waals surface area (Å²) >= 11 is 0. The van der Waals surface area contributed by atoms with Crippen molar-refractivity contribution in [2.75, 3.05) is 20.1 Å². The zero-order chi connectivity index (χ0) is 16.6. The van der Waals surface area contributed by atoms with E-state index in [0.29, 0.717) is 4.90 Å². The number of alkyl halides is 3. The molecule has 0 radical (unpaired) electrons. The highest BCUT2D eigenvalue weighted by molar-refractivity contribution is 6.04. The van der Waals surface area contributed by atoms with Gasteiger partial charge in [-0.2, -0.15) is 13.2 Å².